The van der Waals surface area contributed by atoms with Crippen LogP contribution in [0.3, 0.4) is 0 Å². The molecule has 0 amide bonds. The highest BCUT2D eigenvalue weighted by Gasteiger charge is 2.07. The molecule has 0 saturated heterocycles. The summed E-state index contributed by atoms with van der Waals surface area (Å²) in [6, 6.07) is 11.5. The fourth-order valence-corrected chi connectivity index (χ4v) is 2.06. The predicted octanol–water partition coefficient (Wildman–Crippen LogP) is 4.41. The van der Waals surface area contributed by atoms with Gasteiger partial charge in [0.15, 0.2) is 0 Å². The lowest BCUT2D eigenvalue weighted by atomic mass is 10.2. The van der Waals surface area contributed by atoms with Crippen molar-refractivity contribution >= 4 is 22.6 Å². The number of benzene rings is 2. The molecule has 2 rings (SSSR count). The predicted molar refractivity (Wildman–Crippen MR) is 76.8 cm³/mol. The number of phenols is 1. The second-order valence-electron chi connectivity index (χ2n) is 3.96. The molecule has 0 heterocycles. The molecule has 0 aliphatic rings. The zero-order valence-corrected chi connectivity index (χ0v) is 11.9. The fraction of sp³-hybridized carbons (Fsp3) is 0.143. The van der Waals surface area contributed by atoms with Gasteiger partial charge in [-0.05, 0) is 60.7 Å². The first-order valence-corrected chi connectivity index (χ1v) is 6.38. The third-order valence-electron chi connectivity index (χ3n) is 2.55. The number of hydrogen-bond acceptors (Lipinski definition) is 2. The van der Waals surface area contributed by atoms with Gasteiger partial charge in [0, 0.05) is 9.13 Å². The molecule has 0 radical (unpaired) electrons. The first-order chi connectivity index (χ1) is 8.06. The number of aromatic hydroxyl groups is 1. The molecule has 0 fully saturated rings. The summed E-state index contributed by atoms with van der Waals surface area (Å²) in [4.78, 5) is 0. The Morgan fingerprint density at radius 2 is 1.71 bits per heavy atom. The van der Waals surface area contributed by atoms with Crippen molar-refractivity contribution in [3.63, 3.8) is 0 Å². The maximum atomic E-state index is 9.72. The van der Waals surface area contributed by atoms with Crippen LogP contribution in [0.4, 0.5) is 0 Å². The van der Waals surface area contributed by atoms with E-state index in [4.69, 9.17) is 4.74 Å². The molecule has 17 heavy (non-hydrogen) atoms. The summed E-state index contributed by atoms with van der Waals surface area (Å²) in [5.74, 6) is 1.73. The Morgan fingerprint density at radius 3 is 2.35 bits per heavy atom. The van der Waals surface area contributed by atoms with E-state index in [9.17, 15) is 5.11 Å². The third kappa shape index (κ3) is 2.91. The molecule has 0 aliphatic heterocycles. The Hall–Kier alpha value is -1.23. The molecular weight excluding hydrogens is 327 g/mol. The summed E-state index contributed by atoms with van der Waals surface area (Å²) in [5.41, 5.74) is 1.95. The molecule has 0 unspecified atom stereocenters. The van der Waals surface area contributed by atoms with Crippen LogP contribution >= 0.6 is 22.6 Å². The van der Waals surface area contributed by atoms with Crippen molar-refractivity contribution in [2.75, 3.05) is 0 Å². The summed E-state index contributed by atoms with van der Waals surface area (Å²) < 4.78 is 6.71. The third-order valence-corrected chi connectivity index (χ3v) is 3.17. The fourth-order valence-electron chi connectivity index (χ4n) is 1.48. The van der Waals surface area contributed by atoms with Crippen LogP contribution in [0.2, 0.25) is 0 Å². The van der Waals surface area contributed by atoms with E-state index in [2.05, 4.69) is 22.6 Å². The number of rotatable bonds is 2. The summed E-state index contributed by atoms with van der Waals surface area (Å²) in [5, 5.41) is 9.72. The van der Waals surface area contributed by atoms with E-state index in [1.165, 1.54) is 5.56 Å². The molecule has 1 N–H and O–H groups in total. The number of hydrogen-bond donors (Lipinski definition) is 1. The van der Waals surface area contributed by atoms with Gasteiger partial charge in [0.1, 0.15) is 17.2 Å². The van der Waals surface area contributed by atoms with E-state index in [0.717, 1.165) is 14.9 Å². The second kappa shape index (κ2) is 4.96. The first kappa shape index (κ1) is 12.2. The highest BCUT2D eigenvalue weighted by molar-refractivity contribution is 14.1. The lowest BCUT2D eigenvalue weighted by Crippen LogP contribution is -1.89. The molecule has 0 bridgehead atoms. The van der Waals surface area contributed by atoms with Crippen molar-refractivity contribution in [2.45, 2.75) is 13.8 Å². The van der Waals surface area contributed by atoms with Crippen molar-refractivity contribution in [1.82, 2.24) is 0 Å². The van der Waals surface area contributed by atoms with Gasteiger partial charge in [-0.3, -0.25) is 0 Å². The molecule has 88 valence electrons. The van der Waals surface area contributed by atoms with Crippen molar-refractivity contribution in [2.24, 2.45) is 0 Å². The van der Waals surface area contributed by atoms with Gasteiger partial charge in [0.25, 0.3) is 0 Å². The van der Waals surface area contributed by atoms with Crippen molar-refractivity contribution in [1.29, 1.82) is 0 Å². The van der Waals surface area contributed by atoms with Crippen LogP contribution in [-0.2, 0) is 0 Å². The van der Waals surface area contributed by atoms with E-state index in [0.29, 0.717) is 5.75 Å². The molecule has 2 nitrogen and oxygen atoms in total. The average molecular weight is 340 g/mol. The number of halogens is 1. The van der Waals surface area contributed by atoms with Crippen LogP contribution < -0.4 is 4.74 Å². The number of aryl methyl sites for hydroxylation is 1. The van der Waals surface area contributed by atoms with Crippen LogP contribution in [0.15, 0.2) is 36.4 Å². The quantitative estimate of drug-likeness (QED) is 0.821. The molecule has 3 heteroatoms. The van der Waals surface area contributed by atoms with Crippen molar-refractivity contribution < 1.29 is 9.84 Å². The minimum Gasteiger partial charge on any atom is -0.508 e. The van der Waals surface area contributed by atoms with Crippen LogP contribution in [-0.4, -0.2) is 5.11 Å². The minimum absolute atomic E-state index is 0.263. The van der Waals surface area contributed by atoms with Gasteiger partial charge in [-0.2, -0.15) is 0 Å². The summed E-state index contributed by atoms with van der Waals surface area (Å²) in [6.45, 7) is 3.88. The topological polar surface area (TPSA) is 29.5 Å². The van der Waals surface area contributed by atoms with Crippen LogP contribution in [0, 0.1) is 17.4 Å². The van der Waals surface area contributed by atoms with E-state index >= 15 is 0 Å². The van der Waals surface area contributed by atoms with E-state index in [1.54, 1.807) is 6.07 Å². The summed E-state index contributed by atoms with van der Waals surface area (Å²) in [7, 11) is 0. The SMILES string of the molecule is Cc1ccc(Oc2cc(I)cc(O)c2C)cc1. The number of phenolic OH excluding ortho intramolecular Hbond substituents is 1. The van der Waals surface area contributed by atoms with Crippen LogP contribution in [0.1, 0.15) is 11.1 Å². The van der Waals surface area contributed by atoms with Gasteiger partial charge >= 0.3 is 0 Å². The van der Waals surface area contributed by atoms with Crippen molar-refractivity contribution in [3.8, 4) is 17.2 Å². The maximum absolute atomic E-state index is 9.72. The zero-order chi connectivity index (χ0) is 12.4. The molecule has 2 aromatic rings. The largest absolute Gasteiger partial charge is 0.508 e. The Kier molecular flexibility index (Phi) is 3.57. The molecular formula is C14H13IO2. The first-order valence-electron chi connectivity index (χ1n) is 5.30. The van der Waals surface area contributed by atoms with E-state index in [-0.39, 0.29) is 5.75 Å². The Labute approximate surface area is 114 Å². The standard InChI is InChI=1S/C14H13IO2/c1-9-3-5-12(6-4-9)17-14-8-11(15)7-13(16)10(14)2/h3-8,16H,1-2H3. The molecule has 0 spiro atoms. The molecule has 0 saturated carbocycles. The Morgan fingerprint density at radius 1 is 1.06 bits per heavy atom. The maximum Gasteiger partial charge on any atom is 0.135 e. The van der Waals surface area contributed by atoms with Gasteiger partial charge in [-0.25, -0.2) is 0 Å². The van der Waals surface area contributed by atoms with Gasteiger partial charge in [-0.1, -0.05) is 17.7 Å². The van der Waals surface area contributed by atoms with Gasteiger partial charge in [-0.15, -0.1) is 0 Å². The second-order valence-corrected chi connectivity index (χ2v) is 5.21. The highest BCUT2D eigenvalue weighted by atomic mass is 127. The lowest BCUT2D eigenvalue weighted by Gasteiger charge is -2.10. The zero-order valence-electron chi connectivity index (χ0n) is 9.70. The smallest absolute Gasteiger partial charge is 0.135 e. The van der Waals surface area contributed by atoms with E-state index in [1.807, 2.05) is 44.2 Å². The normalized spacial score (nSPS) is 10.3. The summed E-state index contributed by atoms with van der Waals surface area (Å²) >= 11 is 2.16. The molecule has 0 aliphatic carbocycles. The molecule has 2 aromatic carbocycles. The lowest BCUT2D eigenvalue weighted by molar-refractivity contribution is 0.447. The highest BCUT2D eigenvalue weighted by Crippen LogP contribution is 2.32. The van der Waals surface area contributed by atoms with Gasteiger partial charge in [0.2, 0.25) is 0 Å². The summed E-state index contributed by atoms with van der Waals surface area (Å²) in [6.07, 6.45) is 0. The van der Waals surface area contributed by atoms with Crippen LogP contribution in [0.25, 0.3) is 0 Å². The van der Waals surface area contributed by atoms with Crippen molar-refractivity contribution in [3.05, 3.63) is 51.1 Å². The molecule has 0 atom stereocenters. The average Bonchev–Trinajstić information content (AvgIpc) is 2.28. The van der Waals surface area contributed by atoms with Gasteiger partial charge in [0.05, 0.1) is 0 Å². The number of ether oxygens (including phenoxy) is 1. The molecule has 0 aromatic heterocycles. The monoisotopic (exact) mass is 340 g/mol. The Balaban J connectivity index is 2.32. The minimum atomic E-state index is 0.263. The van der Waals surface area contributed by atoms with E-state index < -0.39 is 0 Å². The van der Waals surface area contributed by atoms with Gasteiger partial charge < -0.3 is 9.84 Å². The van der Waals surface area contributed by atoms with Crippen LogP contribution in [0.5, 0.6) is 17.2 Å². The Bertz CT molecular complexity index is 533.